The molecule has 2 saturated carbocycles. The number of rotatable bonds is 2. The highest BCUT2D eigenvalue weighted by Gasteiger charge is 2.48. The standard InChI is InChI=1S/C16H27NO2/c1-11-6-2-4-8-13(11)17-14-9-5-3-7-12(14)10-15(17)16(18)19/h11-15H,2-10H2,1H3,(H,18,19). The van der Waals surface area contributed by atoms with E-state index in [1.54, 1.807) is 0 Å². The highest BCUT2D eigenvalue weighted by Crippen LogP contribution is 2.44. The predicted octanol–water partition coefficient (Wildman–Crippen LogP) is 3.28. The first-order valence-electron chi connectivity index (χ1n) is 8.18. The Morgan fingerprint density at radius 3 is 2.32 bits per heavy atom. The monoisotopic (exact) mass is 265 g/mol. The molecule has 3 nitrogen and oxygen atoms in total. The van der Waals surface area contributed by atoms with Crippen molar-refractivity contribution in [3.63, 3.8) is 0 Å². The maximum Gasteiger partial charge on any atom is 0.320 e. The van der Waals surface area contributed by atoms with Crippen LogP contribution in [0.15, 0.2) is 0 Å². The number of likely N-dealkylation sites (tertiary alicyclic amines) is 1. The highest BCUT2D eigenvalue weighted by molar-refractivity contribution is 5.74. The first-order chi connectivity index (χ1) is 9.18. The van der Waals surface area contributed by atoms with Gasteiger partial charge < -0.3 is 5.11 Å². The summed E-state index contributed by atoms with van der Waals surface area (Å²) in [6, 6.07) is 0.905. The summed E-state index contributed by atoms with van der Waals surface area (Å²) >= 11 is 0. The van der Waals surface area contributed by atoms with Gasteiger partial charge in [0.25, 0.3) is 0 Å². The normalized spacial score (nSPS) is 43.9. The Balaban J connectivity index is 1.83. The molecule has 5 atom stereocenters. The molecular formula is C16H27NO2. The number of fused-ring (bicyclic) bond motifs is 1. The van der Waals surface area contributed by atoms with Gasteiger partial charge in [-0.05, 0) is 43.9 Å². The van der Waals surface area contributed by atoms with Gasteiger partial charge >= 0.3 is 5.97 Å². The molecule has 0 amide bonds. The van der Waals surface area contributed by atoms with Gasteiger partial charge in [0.05, 0.1) is 0 Å². The van der Waals surface area contributed by atoms with Crippen molar-refractivity contribution in [2.75, 3.05) is 0 Å². The topological polar surface area (TPSA) is 40.5 Å². The summed E-state index contributed by atoms with van der Waals surface area (Å²) in [7, 11) is 0. The zero-order valence-corrected chi connectivity index (χ0v) is 12.1. The van der Waals surface area contributed by atoms with E-state index in [0.717, 1.165) is 6.42 Å². The molecule has 3 fully saturated rings. The van der Waals surface area contributed by atoms with E-state index in [1.165, 1.54) is 51.4 Å². The maximum absolute atomic E-state index is 11.7. The zero-order chi connectivity index (χ0) is 13.4. The van der Waals surface area contributed by atoms with E-state index in [-0.39, 0.29) is 6.04 Å². The molecule has 1 aliphatic heterocycles. The molecule has 3 aliphatic rings. The smallest absolute Gasteiger partial charge is 0.320 e. The molecule has 1 saturated heterocycles. The molecule has 0 aromatic rings. The van der Waals surface area contributed by atoms with Gasteiger partial charge in [0.15, 0.2) is 0 Å². The van der Waals surface area contributed by atoms with E-state index in [1.807, 2.05) is 0 Å². The number of hydrogen-bond donors (Lipinski definition) is 1. The van der Waals surface area contributed by atoms with Crippen LogP contribution in [0.5, 0.6) is 0 Å². The lowest BCUT2D eigenvalue weighted by molar-refractivity contribution is -0.144. The summed E-state index contributed by atoms with van der Waals surface area (Å²) in [5, 5.41) is 9.61. The molecule has 19 heavy (non-hydrogen) atoms. The van der Waals surface area contributed by atoms with E-state index in [0.29, 0.717) is 23.9 Å². The summed E-state index contributed by atoms with van der Waals surface area (Å²) in [6.07, 6.45) is 11.1. The van der Waals surface area contributed by atoms with Crippen LogP contribution in [0.3, 0.4) is 0 Å². The van der Waals surface area contributed by atoms with Crippen molar-refractivity contribution < 1.29 is 9.90 Å². The lowest BCUT2D eigenvalue weighted by atomic mass is 9.81. The van der Waals surface area contributed by atoms with Gasteiger partial charge in [-0.3, -0.25) is 9.69 Å². The SMILES string of the molecule is CC1CCCCC1N1C(C(=O)O)CC2CCCCC21. The van der Waals surface area contributed by atoms with Crippen molar-refractivity contribution in [2.24, 2.45) is 11.8 Å². The second-order valence-corrected chi connectivity index (χ2v) is 6.98. The molecule has 5 unspecified atom stereocenters. The fraction of sp³-hybridized carbons (Fsp3) is 0.938. The molecule has 0 aromatic carbocycles. The summed E-state index contributed by atoms with van der Waals surface area (Å²) in [5.74, 6) is 0.757. The number of hydrogen-bond acceptors (Lipinski definition) is 2. The largest absolute Gasteiger partial charge is 0.480 e. The van der Waals surface area contributed by atoms with Crippen molar-refractivity contribution in [1.82, 2.24) is 4.90 Å². The fourth-order valence-corrected chi connectivity index (χ4v) is 4.94. The number of carboxylic acids is 1. The van der Waals surface area contributed by atoms with Crippen molar-refractivity contribution in [2.45, 2.75) is 82.8 Å². The van der Waals surface area contributed by atoms with E-state index in [4.69, 9.17) is 0 Å². The highest BCUT2D eigenvalue weighted by atomic mass is 16.4. The second-order valence-electron chi connectivity index (χ2n) is 6.98. The zero-order valence-electron chi connectivity index (χ0n) is 12.1. The summed E-state index contributed by atoms with van der Waals surface area (Å²) in [4.78, 5) is 14.1. The van der Waals surface area contributed by atoms with Crippen LogP contribution < -0.4 is 0 Å². The number of carbonyl (C=O) groups is 1. The van der Waals surface area contributed by atoms with E-state index >= 15 is 0 Å². The second kappa shape index (κ2) is 5.43. The Hall–Kier alpha value is -0.570. The van der Waals surface area contributed by atoms with Crippen molar-refractivity contribution in [3.05, 3.63) is 0 Å². The minimum absolute atomic E-state index is 0.196. The molecule has 3 rings (SSSR count). The molecular weight excluding hydrogens is 238 g/mol. The van der Waals surface area contributed by atoms with Crippen LogP contribution in [0.1, 0.15) is 64.7 Å². The van der Waals surface area contributed by atoms with E-state index in [2.05, 4.69) is 11.8 Å². The third kappa shape index (κ3) is 2.42. The van der Waals surface area contributed by atoms with Crippen LogP contribution in [0.4, 0.5) is 0 Å². The van der Waals surface area contributed by atoms with Crippen LogP contribution in [-0.4, -0.2) is 34.1 Å². The first kappa shape index (κ1) is 13.4. The summed E-state index contributed by atoms with van der Waals surface area (Å²) < 4.78 is 0. The number of nitrogens with zero attached hydrogens (tertiary/aromatic N) is 1. The van der Waals surface area contributed by atoms with E-state index in [9.17, 15) is 9.90 Å². The van der Waals surface area contributed by atoms with Crippen molar-refractivity contribution in [3.8, 4) is 0 Å². The minimum Gasteiger partial charge on any atom is -0.480 e. The van der Waals surface area contributed by atoms with Gasteiger partial charge in [-0.25, -0.2) is 0 Å². The summed E-state index contributed by atoms with van der Waals surface area (Å²) in [5.41, 5.74) is 0. The average Bonchev–Trinajstić information content (AvgIpc) is 2.79. The first-order valence-corrected chi connectivity index (χ1v) is 8.18. The molecule has 1 N–H and O–H groups in total. The van der Waals surface area contributed by atoms with Crippen LogP contribution >= 0.6 is 0 Å². The molecule has 1 heterocycles. The fourth-order valence-electron chi connectivity index (χ4n) is 4.94. The van der Waals surface area contributed by atoms with Gasteiger partial charge in [0, 0.05) is 12.1 Å². The Morgan fingerprint density at radius 2 is 1.63 bits per heavy atom. The molecule has 0 bridgehead atoms. The molecule has 0 spiro atoms. The minimum atomic E-state index is -0.577. The molecule has 3 heteroatoms. The quantitative estimate of drug-likeness (QED) is 0.833. The molecule has 0 radical (unpaired) electrons. The predicted molar refractivity (Wildman–Crippen MR) is 75.0 cm³/mol. The van der Waals surface area contributed by atoms with E-state index < -0.39 is 5.97 Å². The van der Waals surface area contributed by atoms with Gasteiger partial charge in [0.1, 0.15) is 6.04 Å². The van der Waals surface area contributed by atoms with Crippen molar-refractivity contribution in [1.29, 1.82) is 0 Å². The molecule has 108 valence electrons. The average molecular weight is 265 g/mol. The Bertz CT molecular complexity index is 344. The van der Waals surface area contributed by atoms with Gasteiger partial charge in [0.2, 0.25) is 0 Å². The van der Waals surface area contributed by atoms with Crippen LogP contribution in [0.25, 0.3) is 0 Å². The number of aliphatic carboxylic acids is 1. The lowest BCUT2D eigenvalue weighted by Gasteiger charge is -2.43. The third-order valence-electron chi connectivity index (χ3n) is 5.87. The number of carboxylic acid groups (broad SMARTS) is 1. The van der Waals surface area contributed by atoms with Crippen LogP contribution in [0, 0.1) is 11.8 Å². The maximum atomic E-state index is 11.7. The third-order valence-corrected chi connectivity index (χ3v) is 5.87. The van der Waals surface area contributed by atoms with Crippen molar-refractivity contribution >= 4 is 5.97 Å². The van der Waals surface area contributed by atoms with Gasteiger partial charge in [-0.1, -0.05) is 32.6 Å². The summed E-state index contributed by atoms with van der Waals surface area (Å²) in [6.45, 7) is 2.33. The molecule has 2 aliphatic carbocycles. The van der Waals surface area contributed by atoms with Gasteiger partial charge in [-0.2, -0.15) is 0 Å². The van der Waals surface area contributed by atoms with Crippen LogP contribution in [0.2, 0.25) is 0 Å². The Morgan fingerprint density at radius 1 is 1.00 bits per heavy atom. The van der Waals surface area contributed by atoms with Gasteiger partial charge in [-0.15, -0.1) is 0 Å². The Labute approximate surface area is 116 Å². The Kier molecular flexibility index (Phi) is 3.84. The van der Waals surface area contributed by atoms with Crippen LogP contribution in [-0.2, 0) is 4.79 Å². The lowest BCUT2D eigenvalue weighted by Crippen LogP contribution is -2.51. The molecule has 0 aromatic heterocycles.